The van der Waals surface area contributed by atoms with Crippen molar-refractivity contribution >= 4 is 11.9 Å². The lowest BCUT2D eigenvalue weighted by Gasteiger charge is -2.23. The SMILES string of the molecule is CC(C)(C)NC(=O)C(N)CCCNC(=N)N. The van der Waals surface area contributed by atoms with E-state index in [1.54, 1.807) is 0 Å². The van der Waals surface area contributed by atoms with E-state index in [4.69, 9.17) is 16.9 Å². The van der Waals surface area contributed by atoms with Crippen LogP contribution in [-0.2, 0) is 4.79 Å². The predicted octanol–water partition coefficient (Wildman–Crippen LogP) is -0.508. The van der Waals surface area contributed by atoms with Gasteiger partial charge in [-0.3, -0.25) is 10.2 Å². The van der Waals surface area contributed by atoms with Gasteiger partial charge < -0.3 is 22.1 Å². The Morgan fingerprint density at radius 2 is 2.00 bits per heavy atom. The molecular formula is C10H23N5O. The van der Waals surface area contributed by atoms with Gasteiger partial charge in [-0.25, -0.2) is 0 Å². The number of carbonyl (C=O) groups excluding carboxylic acids is 1. The maximum Gasteiger partial charge on any atom is 0.237 e. The van der Waals surface area contributed by atoms with Gasteiger partial charge in [-0.2, -0.15) is 0 Å². The smallest absolute Gasteiger partial charge is 0.237 e. The van der Waals surface area contributed by atoms with E-state index < -0.39 is 6.04 Å². The molecule has 0 saturated heterocycles. The minimum Gasteiger partial charge on any atom is -0.370 e. The molecule has 0 rings (SSSR count). The summed E-state index contributed by atoms with van der Waals surface area (Å²) in [5, 5.41) is 12.4. The highest BCUT2D eigenvalue weighted by Gasteiger charge is 2.18. The molecule has 0 aromatic heterocycles. The molecule has 1 unspecified atom stereocenters. The zero-order valence-electron chi connectivity index (χ0n) is 10.3. The third-order valence-electron chi connectivity index (χ3n) is 1.84. The number of rotatable bonds is 5. The molecule has 0 aromatic rings. The molecule has 7 N–H and O–H groups in total. The summed E-state index contributed by atoms with van der Waals surface area (Å²) in [6.45, 7) is 6.30. The summed E-state index contributed by atoms with van der Waals surface area (Å²) in [6.07, 6.45) is 1.28. The minimum absolute atomic E-state index is 0.0623. The fourth-order valence-corrected chi connectivity index (χ4v) is 1.14. The Morgan fingerprint density at radius 3 is 2.44 bits per heavy atom. The third kappa shape index (κ3) is 8.05. The van der Waals surface area contributed by atoms with Crippen LogP contribution in [0.25, 0.3) is 0 Å². The van der Waals surface area contributed by atoms with Crippen LogP contribution in [0.2, 0.25) is 0 Å². The number of nitrogens with one attached hydrogen (secondary N) is 3. The first-order valence-electron chi connectivity index (χ1n) is 5.38. The first-order chi connectivity index (χ1) is 7.22. The fraction of sp³-hybridized carbons (Fsp3) is 0.800. The molecule has 0 heterocycles. The van der Waals surface area contributed by atoms with Gasteiger partial charge in [-0.15, -0.1) is 0 Å². The van der Waals surface area contributed by atoms with Gasteiger partial charge in [-0.1, -0.05) is 0 Å². The van der Waals surface area contributed by atoms with Crippen molar-refractivity contribution in [2.75, 3.05) is 6.54 Å². The fourth-order valence-electron chi connectivity index (χ4n) is 1.14. The lowest BCUT2D eigenvalue weighted by molar-refractivity contribution is -0.123. The summed E-state index contributed by atoms with van der Waals surface area (Å²) < 4.78 is 0. The molecule has 0 aliphatic carbocycles. The van der Waals surface area contributed by atoms with E-state index in [2.05, 4.69) is 10.6 Å². The van der Waals surface area contributed by atoms with Crippen LogP contribution < -0.4 is 22.1 Å². The second-order valence-electron chi connectivity index (χ2n) is 4.83. The summed E-state index contributed by atoms with van der Waals surface area (Å²) in [5.74, 6) is -0.206. The number of amides is 1. The van der Waals surface area contributed by atoms with Crippen molar-refractivity contribution < 1.29 is 4.79 Å². The zero-order chi connectivity index (χ0) is 12.8. The van der Waals surface area contributed by atoms with Crippen molar-refractivity contribution in [2.24, 2.45) is 11.5 Å². The minimum atomic E-state index is -0.506. The van der Waals surface area contributed by atoms with Crippen LogP contribution in [0.15, 0.2) is 0 Å². The molecule has 16 heavy (non-hydrogen) atoms. The zero-order valence-corrected chi connectivity index (χ0v) is 10.3. The Balaban J connectivity index is 3.76. The van der Waals surface area contributed by atoms with Crippen molar-refractivity contribution in [3.05, 3.63) is 0 Å². The van der Waals surface area contributed by atoms with Crippen molar-refractivity contribution in [1.82, 2.24) is 10.6 Å². The van der Waals surface area contributed by atoms with E-state index in [-0.39, 0.29) is 17.4 Å². The molecule has 94 valence electrons. The van der Waals surface area contributed by atoms with E-state index in [1.807, 2.05) is 20.8 Å². The highest BCUT2D eigenvalue weighted by Crippen LogP contribution is 2.01. The van der Waals surface area contributed by atoms with Gasteiger partial charge in [0.15, 0.2) is 5.96 Å². The molecule has 0 aliphatic heterocycles. The number of hydrogen-bond acceptors (Lipinski definition) is 3. The quantitative estimate of drug-likeness (QED) is 0.248. The standard InChI is InChI=1S/C10H23N5O/c1-10(2,3)15-8(16)7(11)5-4-6-14-9(12)13/h7H,4-6,11H2,1-3H3,(H,15,16)(H4,12,13,14). The Morgan fingerprint density at radius 1 is 1.44 bits per heavy atom. The van der Waals surface area contributed by atoms with Crippen molar-refractivity contribution in [1.29, 1.82) is 5.41 Å². The maximum absolute atomic E-state index is 11.6. The van der Waals surface area contributed by atoms with Crippen LogP contribution in [0.3, 0.4) is 0 Å². The average molecular weight is 229 g/mol. The van der Waals surface area contributed by atoms with Gasteiger partial charge in [0, 0.05) is 12.1 Å². The second-order valence-corrected chi connectivity index (χ2v) is 4.83. The van der Waals surface area contributed by atoms with Gasteiger partial charge in [0.1, 0.15) is 0 Å². The molecule has 0 bridgehead atoms. The van der Waals surface area contributed by atoms with E-state index >= 15 is 0 Å². The molecule has 1 amide bonds. The van der Waals surface area contributed by atoms with Crippen LogP contribution in [0.4, 0.5) is 0 Å². The molecule has 0 saturated carbocycles. The Kier molecular flexibility index (Phi) is 5.81. The highest BCUT2D eigenvalue weighted by atomic mass is 16.2. The van der Waals surface area contributed by atoms with E-state index in [9.17, 15) is 4.79 Å². The lowest BCUT2D eigenvalue weighted by atomic mass is 10.1. The molecule has 6 heteroatoms. The molecule has 0 fully saturated rings. The van der Waals surface area contributed by atoms with Gasteiger partial charge >= 0.3 is 0 Å². The van der Waals surface area contributed by atoms with E-state index in [0.717, 1.165) is 0 Å². The average Bonchev–Trinajstić information content (AvgIpc) is 2.08. The van der Waals surface area contributed by atoms with Crippen LogP contribution in [-0.4, -0.2) is 30.0 Å². The first kappa shape index (κ1) is 14.7. The molecule has 0 spiro atoms. The van der Waals surface area contributed by atoms with E-state index in [0.29, 0.717) is 19.4 Å². The lowest BCUT2D eigenvalue weighted by Crippen LogP contribution is -2.49. The summed E-state index contributed by atoms with van der Waals surface area (Å²) in [5.41, 5.74) is 10.6. The van der Waals surface area contributed by atoms with E-state index in [1.165, 1.54) is 0 Å². The van der Waals surface area contributed by atoms with Crippen LogP contribution in [0, 0.1) is 5.41 Å². The monoisotopic (exact) mass is 229 g/mol. The van der Waals surface area contributed by atoms with Crippen molar-refractivity contribution in [3.63, 3.8) is 0 Å². The summed E-state index contributed by atoms with van der Waals surface area (Å²) in [4.78, 5) is 11.6. The van der Waals surface area contributed by atoms with Crippen LogP contribution >= 0.6 is 0 Å². The number of carbonyl (C=O) groups is 1. The number of guanidine groups is 1. The Labute approximate surface area is 96.7 Å². The predicted molar refractivity (Wildman–Crippen MR) is 65.0 cm³/mol. The largest absolute Gasteiger partial charge is 0.370 e. The third-order valence-corrected chi connectivity index (χ3v) is 1.84. The topological polar surface area (TPSA) is 117 Å². The van der Waals surface area contributed by atoms with Gasteiger partial charge in [0.2, 0.25) is 5.91 Å². The van der Waals surface area contributed by atoms with Gasteiger partial charge in [0.25, 0.3) is 0 Å². The van der Waals surface area contributed by atoms with Crippen molar-refractivity contribution in [3.8, 4) is 0 Å². The number of hydrogen-bond donors (Lipinski definition) is 5. The second kappa shape index (κ2) is 6.32. The van der Waals surface area contributed by atoms with Gasteiger partial charge in [0.05, 0.1) is 6.04 Å². The normalized spacial score (nSPS) is 13.0. The maximum atomic E-state index is 11.6. The molecule has 6 nitrogen and oxygen atoms in total. The van der Waals surface area contributed by atoms with Gasteiger partial charge in [-0.05, 0) is 33.6 Å². The molecular weight excluding hydrogens is 206 g/mol. The van der Waals surface area contributed by atoms with Crippen LogP contribution in [0.1, 0.15) is 33.6 Å². The Bertz CT molecular complexity index is 246. The Hall–Kier alpha value is -1.30. The molecule has 0 radical (unpaired) electrons. The summed E-state index contributed by atoms with van der Waals surface area (Å²) >= 11 is 0. The molecule has 0 aliphatic rings. The molecule has 1 atom stereocenters. The van der Waals surface area contributed by atoms with Crippen molar-refractivity contribution in [2.45, 2.75) is 45.2 Å². The molecule has 0 aromatic carbocycles. The van der Waals surface area contributed by atoms with Crippen LogP contribution in [0.5, 0.6) is 0 Å². The summed E-state index contributed by atoms with van der Waals surface area (Å²) in [6, 6.07) is -0.506. The first-order valence-corrected chi connectivity index (χ1v) is 5.38. The number of nitrogens with two attached hydrogens (primary N) is 2. The highest BCUT2D eigenvalue weighted by molar-refractivity contribution is 5.82. The summed E-state index contributed by atoms with van der Waals surface area (Å²) in [7, 11) is 0.